The van der Waals surface area contributed by atoms with Crippen molar-refractivity contribution in [3.05, 3.63) is 64.1 Å². The van der Waals surface area contributed by atoms with Crippen LogP contribution in [0.3, 0.4) is 0 Å². The smallest absolute Gasteiger partial charge is 0.283 e. The fraction of sp³-hybridized carbons (Fsp3) is 0.500. The SMILES string of the molecule is CN(C)C(=O)C1(N2Cc3cc(Cl)ccc3-n3c(nnc3C3CC4(C3)CN(c3ccc(F)c(C(F)F)n3)C4)C2)CC1. The molecule has 1 aromatic carbocycles. The number of carbonyl (C=O) groups excluding carboxylic acids is 1. The highest BCUT2D eigenvalue weighted by atomic mass is 35.5. The zero-order chi connectivity index (χ0) is 28.0. The largest absolute Gasteiger partial charge is 0.355 e. The Kier molecular flexibility index (Phi) is 5.74. The summed E-state index contributed by atoms with van der Waals surface area (Å²) < 4.78 is 42.1. The van der Waals surface area contributed by atoms with Crippen LogP contribution >= 0.6 is 11.6 Å². The van der Waals surface area contributed by atoms with Crippen molar-refractivity contribution in [3.63, 3.8) is 0 Å². The normalized spacial score (nSPS) is 20.9. The Hall–Kier alpha value is -3.18. The number of amides is 1. The first-order chi connectivity index (χ1) is 19.1. The van der Waals surface area contributed by atoms with Gasteiger partial charge in [0.15, 0.2) is 11.6 Å². The molecule has 2 aromatic heterocycles. The number of pyridine rings is 1. The third-order valence-electron chi connectivity index (χ3n) is 9.03. The number of aromatic nitrogens is 4. The second-order valence-electron chi connectivity index (χ2n) is 12.0. The van der Waals surface area contributed by atoms with Crippen LogP contribution in [-0.4, -0.2) is 68.2 Å². The van der Waals surface area contributed by atoms with Crippen LogP contribution in [0.5, 0.6) is 0 Å². The van der Waals surface area contributed by atoms with Gasteiger partial charge in [-0.3, -0.25) is 14.3 Å². The first-order valence-electron chi connectivity index (χ1n) is 13.5. The van der Waals surface area contributed by atoms with Crippen LogP contribution in [0.2, 0.25) is 5.02 Å². The minimum absolute atomic E-state index is 0.0495. The summed E-state index contributed by atoms with van der Waals surface area (Å²) >= 11 is 6.42. The van der Waals surface area contributed by atoms with E-state index in [0.29, 0.717) is 37.0 Å². The summed E-state index contributed by atoms with van der Waals surface area (Å²) in [5.74, 6) is 1.40. The number of anilines is 1. The topological polar surface area (TPSA) is 70.4 Å². The van der Waals surface area contributed by atoms with E-state index in [1.165, 1.54) is 6.07 Å². The van der Waals surface area contributed by atoms with Crippen LogP contribution in [0.25, 0.3) is 5.69 Å². The van der Waals surface area contributed by atoms with Gasteiger partial charge < -0.3 is 9.80 Å². The van der Waals surface area contributed by atoms with Crippen LogP contribution < -0.4 is 4.90 Å². The van der Waals surface area contributed by atoms with Crippen LogP contribution in [0.1, 0.15) is 60.9 Å². The van der Waals surface area contributed by atoms with Gasteiger partial charge in [-0.2, -0.15) is 0 Å². The van der Waals surface area contributed by atoms with Crippen molar-refractivity contribution >= 4 is 23.3 Å². The molecule has 0 atom stereocenters. The Morgan fingerprint density at radius 3 is 2.52 bits per heavy atom. The Labute approximate surface area is 234 Å². The van der Waals surface area contributed by atoms with Crippen molar-refractivity contribution in [1.82, 2.24) is 29.5 Å². The summed E-state index contributed by atoms with van der Waals surface area (Å²) in [5, 5.41) is 9.90. The number of halogens is 4. The maximum Gasteiger partial charge on any atom is 0.283 e. The van der Waals surface area contributed by atoms with Crippen molar-refractivity contribution < 1.29 is 18.0 Å². The molecule has 7 rings (SSSR count). The Morgan fingerprint density at radius 2 is 1.85 bits per heavy atom. The lowest BCUT2D eigenvalue weighted by Gasteiger charge is -2.59. The number of alkyl halides is 2. The highest BCUT2D eigenvalue weighted by Gasteiger charge is 2.57. The third-order valence-corrected chi connectivity index (χ3v) is 9.26. The van der Waals surface area contributed by atoms with Gasteiger partial charge in [-0.15, -0.1) is 10.2 Å². The molecule has 2 saturated carbocycles. The summed E-state index contributed by atoms with van der Waals surface area (Å²) in [7, 11) is 3.59. The predicted molar refractivity (Wildman–Crippen MR) is 142 cm³/mol. The minimum Gasteiger partial charge on any atom is -0.355 e. The lowest BCUT2D eigenvalue weighted by Crippen LogP contribution is -2.62. The second-order valence-corrected chi connectivity index (χ2v) is 12.4. The molecule has 210 valence electrons. The minimum atomic E-state index is -2.95. The average Bonchev–Trinajstić information content (AvgIpc) is 3.60. The van der Waals surface area contributed by atoms with Gasteiger partial charge in [-0.1, -0.05) is 11.6 Å². The summed E-state index contributed by atoms with van der Waals surface area (Å²) in [5.41, 5.74) is 0.740. The molecule has 12 heteroatoms. The molecule has 2 aliphatic heterocycles. The number of hydrogen-bond donors (Lipinski definition) is 0. The molecule has 8 nitrogen and oxygen atoms in total. The van der Waals surface area contributed by atoms with E-state index in [1.54, 1.807) is 19.0 Å². The number of hydrogen-bond acceptors (Lipinski definition) is 6. The van der Waals surface area contributed by atoms with E-state index in [9.17, 15) is 18.0 Å². The van der Waals surface area contributed by atoms with Gasteiger partial charge in [-0.25, -0.2) is 18.2 Å². The first kappa shape index (κ1) is 25.8. The molecule has 3 fully saturated rings. The van der Waals surface area contributed by atoms with E-state index in [4.69, 9.17) is 11.6 Å². The average molecular weight is 572 g/mol. The van der Waals surface area contributed by atoms with Gasteiger partial charge in [0.05, 0.1) is 12.2 Å². The van der Waals surface area contributed by atoms with Crippen molar-refractivity contribution in [2.45, 2.75) is 56.7 Å². The molecule has 3 aromatic rings. The van der Waals surface area contributed by atoms with E-state index < -0.39 is 23.5 Å². The molecule has 0 N–H and O–H groups in total. The number of carbonyl (C=O) groups is 1. The van der Waals surface area contributed by atoms with Crippen LogP contribution in [-0.2, 0) is 17.9 Å². The van der Waals surface area contributed by atoms with E-state index in [2.05, 4.69) is 24.6 Å². The molecule has 4 aliphatic rings. The Bertz CT molecular complexity index is 1510. The lowest BCUT2D eigenvalue weighted by molar-refractivity contribution is -0.136. The van der Waals surface area contributed by atoms with Gasteiger partial charge in [0.25, 0.3) is 6.43 Å². The fourth-order valence-corrected chi connectivity index (χ4v) is 7.12. The van der Waals surface area contributed by atoms with E-state index in [0.717, 1.165) is 54.6 Å². The van der Waals surface area contributed by atoms with Crippen molar-refractivity contribution in [3.8, 4) is 5.69 Å². The summed E-state index contributed by atoms with van der Waals surface area (Å²) in [6.07, 6.45) is 0.450. The molecule has 4 heterocycles. The number of rotatable bonds is 5. The Morgan fingerprint density at radius 1 is 1.10 bits per heavy atom. The zero-order valence-corrected chi connectivity index (χ0v) is 23.0. The number of likely N-dealkylation sites (N-methyl/N-ethyl adjacent to an activating group) is 1. The van der Waals surface area contributed by atoms with Crippen molar-refractivity contribution in [2.24, 2.45) is 5.41 Å². The molecule has 1 spiro atoms. The third kappa shape index (κ3) is 3.92. The second kappa shape index (κ2) is 8.91. The summed E-state index contributed by atoms with van der Waals surface area (Å²) in [6.45, 7) is 2.46. The quantitative estimate of drug-likeness (QED) is 0.442. The van der Waals surface area contributed by atoms with Crippen LogP contribution in [0, 0.1) is 11.2 Å². The van der Waals surface area contributed by atoms with Crippen molar-refractivity contribution in [2.75, 3.05) is 32.1 Å². The molecule has 0 bridgehead atoms. The zero-order valence-electron chi connectivity index (χ0n) is 22.2. The van der Waals surface area contributed by atoms with Crippen LogP contribution in [0.15, 0.2) is 30.3 Å². The van der Waals surface area contributed by atoms with E-state index in [1.807, 2.05) is 23.1 Å². The number of benzene rings is 1. The molecule has 0 radical (unpaired) electrons. The fourth-order valence-electron chi connectivity index (χ4n) is 6.92. The maximum atomic E-state index is 13.7. The molecular weight excluding hydrogens is 543 g/mol. The highest BCUT2D eigenvalue weighted by Crippen LogP contribution is 2.57. The first-order valence-corrected chi connectivity index (χ1v) is 13.9. The monoisotopic (exact) mass is 571 g/mol. The number of fused-ring (bicyclic) bond motifs is 3. The summed E-state index contributed by atoms with van der Waals surface area (Å²) in [4.78, 5) is 22.8. The molecular formula is C28H29ClF3N7O. The standard InChI is InChI=1S/C28H29ClF3N7O/c1-36(2)26(40)28(7-8-28)38-12-16-9-18(29)3-5-20(16)39-22(13-38)34-35-25(39)17-10-27(11-17)14-37(15-27)21-6-4-19(30)23(33-21)24(31)32/h3-6,9,17,24H,7-8,10-15H2,1-2H3. The van der Waals surface area contributed by atoms with Gasteiger partial charge in [0.2, 0.25) is 5.91 Å². The highest BCUT2D eigenvalue weighted by molar-refractivity contribution is 6.30. The molecule has 2 aliphatic carbocycles. The van der Waals surface area contributed by atoms with Gasteiger partial charge in [-0.05, 0) is 61.6 Å². The number of nitrogens with zero attached hydrogens (tertiary/aromatic N) is 7. The lowest BCUT2D eigenvalue weighted by atomic mass is 9.57. The van der Waals surface area contributed by atoms with Gasteiger partial charge >= 0.3 is 0 Å². The van der Waals surface area contributed by atoms with Crippen LogP contribution in [0.4, 0.5) is 19.0 Å². The molecule has 40 heavy (non-hydrogen) atoms. The van der Waals surface area contributed by atoms with E-state index >= 15 is 0 Å². The van der Waals surface area contributed by atoms with Crippen molar-refractivity contribution in [1.29, 1.82) is 0 Å². The Balaban J connectivity index is 1.13. The van der Waals surface area contributed by atoms with Gasteiger partial charge in [0, 0.05) is 50.1 Å². The van der Waals surface area contributed by atoms with E-state index in [-0.39, 0.29) is 17.2 Å². The summed E-state index contributed by atoms with van der Waals surface area (Å²) in [6, 6.07) is 8.37. The maximum absolute atomic E-state index is 13.7. The molecule has 1 saturated heterocycles. The van der Waals surface area contributed by atoms with Gasteiger partial charge in [0.1, 0.15) is 22.9 Å². The molecule has 1 amide bonds. The predicted octanol–water partition coefficient (Wildman–Crippen LogP) is 4.71. The molecule has 0 unspecified atom stereocenters.